The molecular formula is C9H10ClIN2. The molecule has 0 aromatic carbocycles. The third-order valence-electron chi connectivity index (χ3n) is 2.32. The summed E-state index contributed by atoms with van der Waals surface area (Å²) in [6.45, 7) is 0. The van der Waals surface area contributed by atoms with Gasteiger partial charge in [0.15, 0.2) is 0 Å². The standard InChI is InChI=1S/C9H10ClIN2/c10-9-7(3-6(11)4-13-9)8(12)5-1-2-5/h3-5,8H,1-2,12H2. The Balaban J connectivity index is 2.31. The minimum absolute atomic E-state index is 0.0784. The van der Waals surface area contributed by atoms with E-state index in [1.807, 2.05) is 6.07 Å². The molecule has 1 aliphatic carbocycles. The normalized spacial score (nSPS) is 18.7. The predicted molar refractivity (Wildman–Crippen MR) is 61.6 cm³/mol. The third kappa shape index (κ3) is 2.14. The summed E-state index contributed by atoms with van der Waals surface area (Å²) < 4.78 is 1.09. The average Bonchev–Trinajstić information content (AvgIpc) is 2.91. The van der Waals surface area contributed by atoms with Gasteiger partial charge in [-0.3, -0.25) is 0 Å². The van der Waals surface area contributed by atoms with Gasteiger partial charge in [-0.05, 0) is 47.4 Å². The minimum atomic E-state index is 0.0784. The lowest BCUT2D eigenvalue weighted by Gasteiger charge is -2.11. The van der Waals surface area contributed by atoms with Gasteiger partial charge in [-0.1, -0.05) is 11.6 Å². The molecule has 1 aromatic rings. The molecule has 0 saturated heterocycles. The molecule has 0 amide bonds. The van der Waals surface area contributed by atoms with E-state index in [0.29, 0.717) is 11.1 Å². The molecule has 1 aromatic heterocycles. The summed E-state index contributed by atoms with van der Waals surface area (Å²) in [6, 6.07) is 2.11. The van der Waals surface area contributed by atoms with Crippen LogP contribution in [0.25, 0.3) is 0 Å². The Hall–Kier alpha value is 0.130. The molecule has 70 valence electrons. The summed E-state index contributed by atoms with van der Waals surface area (Å²) >= 11 is 8.19. The van der Waals surface area contributed by atoms with Gasteiger partial charge >= 0.3 is 0 Å². The summed E-state index contributed by atoms with van der Waals surface area (Å²) in [6.07, 6.45) is 4.21. The molecule has 0 spiro atoms. The van der Waals surface area contributed by atoms with E-state index in [1.165, 1.54) is 12.8 Å². The Morgan fingerprint density at radius 3 is 2.92 bits per heavy atom. The SMILES string of the molecule is NC(c1cc(I)cnc1Cl)C1CC1. The van der Waals surface area contributed by atoms with Crippen molar-refractivity contribution in [3.8, 4) is 0 Å². The van der Waals surface area contributed by atoms with E-state index in [1.54, 1.807) is 6.20 Å². The van der Waals surface area contributed by atoms with Crippen molar-refractivity contribution < 1.29 is 0 Å². The van der Waals surface area contributed by atoms with Gasteiger partial charge in [0.2, 0.25) is 0 Å². The second-order valence-electron chi connectivity index (χ2n) is 3.40. The second kappa shape index (κ2) is 3.71. The quantitative estimate of drug-likeness (QED) is 0.674. The number of rotatable bonds is 2. The Morgan fingerprint density at radius 2 is 2.31 bits per heavy atom. The maximum absolute atomic E-state index is 6.04. The molecule has 13 heavy (non-hydrogen) atoms. The molecule has 0 bridgehead atoms. The van der Waals surface area contributed by atoms with Crippen LogP contribution in [0.2, 0.25) is 5.15 Å². The van der Waals surface area contributed by atoms with Crippen molar-refractivity contribution in [2.45, 2.75) is 18.9 Å². The lowest BCUT2D eigenvalue weighted by atomic mass is 10.1. The number of nitrogens with two attached hydrogens (primary N) is 1. The summed E-state index contributed by atoms with van der Waals surface area (Å²) in [7, 11) is 0. The molecular weight excluding hydrogens is 298 g/mol. The van der Waals surface area contributed by atoms with E-state index in [0.717, 1.165) is 9.13 Å². The lowest BCUT2D eigenvalue weighted by molar-refractivity contribution is 0.630. The van der Waals surface area contributed by atoms with Gasteiger partial charge in [0.1, 0.15) is 5.15 Å². The Kier molecular flexibility index (Phi) is 2.76. The van der Waals surface area contributed by atoms with E-state index in [9.17, 15) is 0 Å². The number of aromatic nitrogens is 1. The van der Waals surface area contributed by atoms with Crippen molar-refractivity contribution in [3.05, 3.63) is 26.5 Å². The van der Waals surface area contributed by atoms with Gasteiger partial charge in [-0.25, -0.2) is 4.98 Å². The molecule has 1 fully saturated rings. The summed E-state index contributed by atoms with van der Waals surface area (Å²) in [5.41, 5.74) is 7.04. The first kappa shape index (κ1) is 9.68. The first-order chi connectivity index (χ1) is 6.18. The van der Waals surface area contributed by atoms with Gasteiger partial charge in [-0.15, -0.1) is 0 Å². The van der Waals surface area contributed by atoms with E-state index < -0.39 is 0 Å². The monoisotopic (exact) mass is 308 g/mol. The van der Waals surface area contributed by atoms with E-state index in [4.69, 9.17) is 17.3 Å². The van der Waals surface area contributed by atoms with Crippen LogP contribution in [0.1, 0.15) is 24.4 Å². The molecule has 0 aliphatic heterocycles. The molecule has 2 nitrogen and oxygen atoms in total. The molecule has 1 atom stereocenters. The van der Waals surface area contributed by atoms with Crippen molar-refractivity contribution >= 4 is 34.2 Å². The van der Waals surface area contributed by atoms with Gasteiger partial charge in [-0.2, -0.15) is 0 Å². The Morgan fingerprint density at radius 1 is 1.62 bits per heavy atom. The van der Waals surface area contributed by atoms with Crippen LogP contribution in [-0.2, 0) is 0 Å². The fourth-order valence-corrected chi connectivity index (χ4v) is 2.09. The van der Waals surface area contributed by atoms with Crippen molar-refractivity contribution in [1.82, 2.24) is 4.98 Å². The molecule has 1 aliphatic rings. The number of halogens is 2. The highest BCUT2D eigenvalue weighted by Gasteiger charge is 2.31. The molecule has 2 rings (SSSR count). The summed E-state index contributed by atoms with van der Waals surface area (Å²) in [5.74, 6) is 0.623. The average molecular weight is 309 g/mol. The van der Waals surface area contributed by atoms with Gasteiger partial charge in [0.25, 0.3) is 0 Å². The fraction of sp³-hybridized carbons (Fsp3) is 0.444. The fourth-order valence-electron chi connectivity index (χ4n) is 1.38. The van der Waals surface area contributed by atoms with Crippen molar-refractivity contribution in [3.63, 3.8) is 0 Å². The van der Waals surface area contributed by atoms with Crippen LogP contribution in [0.5, 0.6) is 0 Å². The minimum Gasteiger partial charge on any atom is -0.324 e. The van der Waals surface area contributed by atoms with Crippen LogP contribution in [0.15, 0.2) is 12.3 Å². The number of pyridine rings is 1. The van der Waals surface area contributed by atoms with Crippen molar-refractivity contribution in [2.75, 3.05) is 0 Å². The maximum Gasteiger partial charge on any atom is 0.133 e. The van der Waals surface area contributed by atoms with Crippen LogP contribution >= 0.6 is 34.2 Å². The molecule has 4 heteroatoms. The molecule has 2 N–H and O–H groups in total. The number of hydrogen-bond donors (Lipinski definition) is 1. The zero-order valence-electron chi connectivity index (χ0n) is 7.00. The largest absolute Gasteiger partial charge is 0.324 e. The third-order valence-corrected chi connectivity index (χ3v) is 3.23. The van der Waals surface area contributed by atoms with Gasteiger partial charge < -0.3 is 5.73 Å². The van der Waals surface area contributed by atoms with Crippen LogP contribution in [-0.4, -0.2) is 4.98 Å². The highest BCUT2D eigenvalue weighted by molar-refractivity contribution is 14.1. The molecule has 0 radical (unpaired) electrons. The number of nitrogens with zero attached hydrogens (tertiary/aromatic N) is 1. The maximum atomic E-state index is 6.04. The Bertz CT molecular complexity index is 325. The van der Waals surface area contributed by atoms with E-state index >= 15 is 0 Å². The second-order valence-corrected chi connectivity index (χ2v) is 5.00. The topological polar surface area (TPSA) is 38.9 Å². The molecule has 1 saturated carbocycles. The van der Waals surface area contributed by atoms with Crippen LogP contribution < -0.4 is 5.73 Å². The molecule has 1 heterocycles. The zero-order valence-corrected chi connectivity index (χ0v) is 9.92. The van der Waals surface area contributed by atoms with Crippen molar-refractivity contribution in [1.29, 1.82) is 0 Å². The lowest BCUT2D eigenvalue weighted by Crippen LogP contribution is -2.13. The number of hydrogen-bond acceptors (Lipinski definition) is 2. The van der Waals surface area contributed by atoms with Crippen molar-refractivity contribution in [2.24, 2.45) is 11.7 Å². The Labute approximate surface area is 96.0 Å². The van der Waals surface area contributed by atoms with Crippen LogP contribution in [0.3, 0.4) is 0 Å². The van der Waals surface area contributed by atoms with E-state index in [2.05, 4.69) is 27.6 Å². The van der Waals surface area contributed by atoms with E-state index in [-0.39, 0.29) is 6.04 Å². The first-order valence-corrected chi connectivity index (χ1v) is 5.70. The highest BCUT2D eigenvalue weighted by atomic mass is 127. The first-order valence-electron chi connectivity index (χ1n) is 4.25. The smallest absolute Gasteiger partial charge is 0.133 e. The highest BCUT2D eigenvalue weighted by Crippen LogP contribution is 2.41. The van der Waals surface area contributed by atoms with Crippen LogP contribution in [0, 0.1) is 9.49 Å². The summed E-state index contributed by atoms with van der Waals surface area (Å²) in [5, 5.41) is 0.555. The summed E-state index contributed by atoms with van der Waals surface area (Å²) in [4.78, 5) is 4.09. The predicted octanol–water partition coefficient (Wildman–Crippen LogP) is 2.75. The molecule has 1 unspecified atom stereocenters. The van der Waals surface area contributed by atoms with Gasteiger partial charge in [0.05, 0.1) is 0 Å². The van der Waals surface area contributed by atoms with Crippen LogP contribution in [0.4, 0.5) is 0 Å². The van der Waals surface area contributed by atoms with Gasteiger partial charge in [0, 0.05) is 21.4 Å². The zero-order chi connectivity index (χ0) is 9.42.